The predicted octanol–water partition coefficient (Wildman–Crippen LogP) is 0.864. The molecular weight excluding hydrogens is 282 g/mol. The Hall–Kier alpha value is -2.51. The quantitative estimate of drug-likeness (QED) is 0.881. The standard InChI is InChI=1S/C14H19N7O/c1-15-13-9-11(4-6-16-13)12-3-2-7-21(12)14(22)5-8-20-10-17-18-19-20/h4,6,9-10,12H,2-3,5,7-8H2,1H3,(H,15,16)/t12-/m1/s1. The van der Waals surface area contributed by atoms with E-state index in [0.717, 1.165) is 30.8 Å². The molecule has 1 N–H and O–H groups in total. The van der Waals surface area contributed by atoms with E-state index in [1.807, 2.05) is 24.1 Å². The van der Waals surface area contributed by atoms with E-state index in [-0.39, 0.29) is 11.9 Å². The molecule has 1 aliphatic rings. The Morgan fingerprint density at radius 1 is 1.50 bits per heavy atom. The minimum Gasteiger partial charge on any atom is -0.373 e. The van der Waals surface area contributed by atoms with Crippen molar-refractivity contribution in [1.82, 2.24) is 30.1 Å². The second-order valence-electron chi connectivity index (χ2n) is 5.29. The van der Waals surface area contributed by atoms with Gasteiger partial charge in [-0.15, -0.1) is 5.10 Å². The maximum atomic E-state index is 12.5. The van der Waals surface area contributed by atoms with Gasteiger partial charge in [0.05, 0.1) is 12.6 Å². The van der Waals surface area contributed by atoms with E-state index < -0.39 is 0 Å². The highest BCUT2D eigenvalue weighted by molar-refractivity contribution is 5.77. The highest BCUT2D eigenvalue weighted by atomic mass is 16.2. The number of pyridine rings is 1. The van der Waals surface area contributed by atoms with Crippen molar-refractivity contribution in [2.24, 2.45) is 0 Å². The van der Waals surface area contributed by atoms with Crippen LogP contribution in [0, 0.1) is 0 Å². The number of carbonyl (C=O) groups excluding carboxylic acids is 1. The summed E-state index contributed by atoms with van der Waals surface area (Å²) >= 11 is 0. The zero-order valence-corrected chi connectivity index (χ0v) is 12.5. The molecule has 0 aliphatic carbocycles. The molecule has 0 aromatic carbocycles. The van der Waals surface area contributed by atoms with Crippen LogP contribution in [0.5, 0.6) is 0 Å². The van der Waals surface area contributed by atoms with Crippen molar-refractivity contribution in [3.63, 3.8) is 0 Å². The first-order chi connectivity index (χ1) is 10.8. The molecule has 2 aromatic rings. The van der Waals surface area contributed by atoms with E-state index in [9.17, 15) is 4.79 Å². The Kier molecular flexibility index (Phi) is 4.27. The maximum Gasteiger partial charge on any atom is 0.224 e. The number of hydrogen-bond acceptors (Lipinski definition) is 6. The molecule has 1 amide bonds. The van der Waals surface area contributed by atoms with Crippen molar-refractivity contribution < 1.29 is 4.79 Å². The number of aromatic nitrogens is 5. The van der Waals surface area contributed by atoms with E-state index in [4.69, 9.17) is 0 Å². The predicted molar refractivity (Wildman–Crippen MR) is 79.9 cm³/mol. The third-order valence-electron chi connectivity index (χ3n) is 3.94. The summed E-state index contributed by atoms with van der Waals surface area (Å²) in [6.07, 6.45) is 5.73. The molecule has 8 heteroatoms. The van der Waals surface area contributed by atoms with Crippen LogP contribution in [-0.2, 0) is 11.3 Å². The van der Waals surface area contributed by atoms with Crippen LogP contribution in [0.4, 0.5) is 5.82 Å². The van der Waals surface area contributed by atoms with Crippen LogP contribution in [0.1, 0.15) is 30.9 Å². The van der Waals surface area contributed by atoms with E-state index in [1.165, 1.54) is 6.33 Å². The highest BCUT2D eigenvalue weighted by Gasteiger charge is 2.29. The van der Waals surface area contributed by atoms with Gasteiger partial charge in [0, 0.05) is 26.2 Å². The number of carbonyl (C=O) groups is 1. The molecule has 1 saturated heterocycles. The summed E-state index contributed by atoms with van der Waals surface area (Å²) in [5.41, 5.74) is 1.13. The van der Waals surface area contributed by atoms with Gasteiger partial charge in [0.15, 0.2) is 0 Å². The second-order valence-corrected chi connectivity index (χ2v) is 5.29. The van der Waals surface area contributed by atoms with Crippen LogP contribution in [0.3, 0.4) is 0 Å². The van der Waals surface area contributed by atoms with Gasteiger partial charge in [-0.25, -0.2) is 9.67 Å². The summed E-state index contributed by atoms with van der Waals surface area (Å²) in [6.45, 7) is 1.31. The summed E-state index contributed by atoms with van der Waals surface area (Å²) in [5.74, 6) is 0.964. The topological polar surface area (TPSA) is 88.8 Å². The summed E-state index contributed by atoms with van der Waals surface area (Å²) in [6, 6.07) is 4.13. The van der Waals surface area contributed by atoms with Gasteiger partial charge in [-0.1, -0.05) is 0 Å². The Labute approximate surface area is 128 Å². The number of hydrogen-bond donors (Lipinski definition) is 1. The summed E-state index contributed by atoms with van der Waals surface area (Å²) in [7, 11) is 1.84. The van der Waals surface area contributed by atoms with Gasteiger partial charge >= 0.3 is 0 Å². The monoisotopic (exact) mass is 301 g/mol. The average molecular weight is 301 g/mol. The fourth-order valence-corrected chi connectivity index (χ4v) is 2.84. The van der Waals surface area contributed by atoms with Gasteiger partial charge in [0.25, 0.3) is 0 Å². The van der Waals surface area contributed by atoms with Crippen molar-refractivity contribution in [3.05, 3.63) is 30.2 Å². The smallest absolute Gasteiger partial charge is 0.224 e. The van der Waals surface area contributed by atoms with Gasteiger partial charge in [0.1, 0.15) is 12.1 Å². The van der Waals surface area contributed by atoms with Gasteiger partial charge in [-0.05, 0) is 41.0 Å². The van der Waals surface area contributed by atoms with E-state index in [2.05, 4.69) is 25.8 Å². The maximum absolute atomic E-state index is 12.5. The number of nitrogens with one attached hydrogen (secondary N) is 1. The normalized spacial score (nSPS) is 17.7. The van der Waals surface area contributed by atoms with Crippen LogP contribution >= 0.6 is 0 Å². The van der Waals surface area contributed by atoms with Gasteiger partial charge in [-0.2, -0.15) is 0 Å². The van der Waals surface area contributed by atoms with Crippen molar-refractivity contribution in [2.75, 3.05) is 18.9 Å². The first-order valence-electron chi connectivity index (χ1n) is 7.42. The van der Waals surface area contributed by atoms with Crippen molar-refractivity contribution >= 4 is 11.7 Å². The fourth-order valence-electron chi connectivity index (χ4n) is 2.84. The second kappa shape index (κ2) is 6.50. The van der Waals surface area contributed by atoms with E-state index >= 15 is 0 Å². The highest BCUT2D eigenvalue weighted by Crippen LogP contribution is 2.32. The summed E-state index contributed by atoms with van der Waals surface area (Å²) in [5, 5.41) is 14.0. The minimum atomic E-state index is 0.136. The molecule has 0 saturated carbocycles. The number of rotatable bonds is 5. The molecule has 0 radical (unpaired) electrons. The number of aryl methyl sites for hydroxylation is 1. The number of anilines is 1. The van der Waals surface area contributed by atoms with Crippen LogP contribution in [0.15, 0.2) is 24.7 Å². The molecule has 3 rings (SSSR count). The zero-order valence-electron chi connectivity index (χ0n) is 12.5. The molecule has 0 spiro atoms. The summed E-state index contributed by atoms with van der Waals surface area (Å²) in [4.78, 5) is 18.7. The average Bonchev–Trinajstić information content (AvgIpc) is 3.24. The number of tetrazole rings is 1. The zero-order chi connectivity index (χ0) is 15.4. The van der Waals surface area contributed by atoms with Gasteiger partial charge < -0.3 is 10.2 Å². The first-order valence-corrected chi connectivity index (χ1v) is 7.42. The number of likely N-dealkylation sites (tertiary alicyclic amines) is 1. The molecule has 0 unspecified atom stereocenters. The first kappa shape index (κ1) is 14.4. The molecule has 1 atom stereocenters. The molecule has 116 valence electrons. The number of amides is 1. The molecule has 3 heterocycles. The largest absolute Gasteiger partial charge is 0.373 e. The van der Waals surface area contributed by atoms with Crippen molar-refractivity contribution in [1.29, 1.82) is 0 Å². The molecule has 1 fully saturated rings. The molecular formula is C14H19N7O. The van der Waals surface area contributed by atoms with E-state index in [1.54, 1.807) is 10.9 Å². The third-order valence-corrected chi connectivity index (χ3v) is 3.94. The molecule has 1 aliphatic heterocycles. The Balaban J connectivity index is 1.68. The molecule has 2 aromatic heterocycles. The SMILES string of the molecule is CNc1cc([C@H]2CCCN2C(=O)CCn2cnnn2)ccn1. The Bertz CT molecular complexity index is 628. The Morgan fingerprint density at radius 2 is 2.41 bits per heavy atom. The minimum absolute atomic E-state index is 0.136. The molecule has 22 heavy (non-hydrogen) atoms. The lowest BCUT2D eigenvalue weighted by Gasteiger charge is -2.25. The fraction of sp³-hybridized carbons (Fsp3) is 0.500. The van der Waals surface area contributed by atoms with Crippen LogP contribution < -0.4 is 5.32 Å². The van der Waals surface area contributed by atoms with Gasteiger partial charge in [0.2, 0.25) is 5.91 Å². The lowest BCUT2D eigenvalue weighted by Crippen LogP contribution is -2.31. The van der Waals surface area contributed by atoms with Crippen LogP contribution in [0.25, 0.3) is 0 Å². The number of nitrogens with zero attached hydrogens (tertiary/aromatic N) is 6. The lowest BCUT2D eigenvalue weighted by molar-refractivity contribution is -0.132. The summed E-state index contributed by atoms with van der Waals surface area (Å²) < 4.78 is 1.58. The molecule has 0 bridgehead atoms. The van der Waals surface area contributed by atoms with Crippen LogP contribution in [0.2, 0.25) is 0 Å². The lowest BCUT2D eigenvalue weighted by atomic mass is 10.1. The van der Waals surface area contributed by atoms with E-state index in [0.29, 0.717) is 13.0 Å². The van der Waals surface area contributed by atoms with Crippen molar-refractivity contribution in [3.8, 4) is 0 Å². The Morgan fingerprint density at radius 3 is 3.18 bits per heavy atom. The van der Waals surface area contributed by atoms with Gasteiger partial charge in [-0.3, -0.25) is 4.79 Å². The molecule has 8 nitrogen and oxygen atoms in total. The van der Waals surface area contributed by atoms with Crippen LogP contribution in [-0.4, -0.2) is 49.6 Å². The van der Waals surface area contributed by atoms with Crippen molar-refractivity contribution in [2.45, 2.75) is 31.8 Å². The third kappa shape index (κ3) is 3.05.